The Morgan fingerprint density at radius 2 is 2.24 bits per heavy atom. The minimum absolute atomic E-state index is 0.0155. The average molecular weight is 236 g/mol. The second-order valence-corrected chi connectivity index (χ2v) is 4.44. The molecule has 1 aliphatic rings. The number of hydrogen-bond acceptors (Lipinski definition) is 4. The molecular weight excluding hydrogens is 220 g/mol. The first-order valence-electron chi connectivity index (χ1n) is 5.68. The molecule has 1 heterocycles. The van der Waals surface area contributed by atoms with E-state index >= 15 is 0 Å². The highest BCUT2D eigenvalue weighted by Gasteiger charge is 2.33. The topological polar surface area (TPSA) is 61.2 Å². The lowest BCUT2D eigenvalue weighted by Crippen LogP contribution is -2.13. The number of ether oxygens (including phenoxy) is 1. The van der Waals surface area contributed by atoms with Crippen molar-refractivity contribution in [1.82, 2.24) is 9.78 Å². The van der Waals surface area contributed by atoms with E-state index in [1.165, 1.54) is 7.11 Å². The van der Waals surface area contributed by atoms with Crippen LogP contribution in [-0.4, -0.2) is 28.5 Å². The summed E-state index contributed by atoms with van der Waals surface area (Å²) in [5, 5.41) is 4.18. The van der Waals surface area contributed by atoms with Gasteiger partial charge in [0, 0.05) is 25.8 Å². The number of aryl methyl sites for hydroxylation is 2. The fraction of sp³-hybridized carbons (Fsp3) is 0.583. The fourth-order valence-corrected chi connectivity index (χ4v) is 2.40. The van der Waals surface area contributed by atoms with Crippen LogP contribution < -0.4 is 4.74 Å². The summed E-state index contributed by atoms with van der Waals surface area (Å²) in [5.41, 5.74) is 1.18. The molecule has 0 bridgehead atoms. The third-order valence-corrected chi connectivity index (χ3v) is 3.23. The van der Waals surface area contributed by atoms with Crippen molar-refractivity contribution in [3.8, 4) is 5.88 Å². The van der Waals surface area contributed by atoms with Gasteiger partial charge < -0.3 is 4.74 Å². The van der Waals surface area contributed by atoms with Crippen LogP contribution in [-0.2, 0) is 11.8 Å². The number of nitrogens with zero attached hydrogens (tertiary/aromatic N) is 2. The summed E-state index contributed by atoms with van der Waals surface area (Å²) in [6, 6.07) is 0. The van der Waals surface area contributed by atoms with Gasteiger partial charge >= 0.3 is 0 Å². The van der Waals surface area contributed by atoms with Crippen molar-refractivity contribution in [3.05, 3.63) is 11.3 Å². The number of rotatable bonds is 3. The Kier molecular flexibility index (Phi) is 3.00. The van der Waals surface area contributed by atoms with Crippen LogP contribution in [0, 0.1) is 12.8 Å². The molecule has 0 aromatic carbocycles. The van der Waals surface area contributed by atoms with Gasteiger partial charge in [-0.1, -0.05) is 0 Å². The second kappa shape index (κ2) is 4.31. The van der Waals surface area contributed by atoms with Gasteiger partial charge in [0.1, 0.15) is 11.3 Å². The van der Waals surface area contributed by atoms with E-state index in [1.807, 2.05) is 0 Å². The monoisotopic (exact) mass is 236 g/mol. The van der Waals surface area contributed by atoms with E-state index in [9.17, 15) is 9.59 Å². The Balaban J connectivity index is 2.33. The Morgan fingerprint density at radius 3 is 2.76 bits per heavy atom. The van der Waals surface area contributed by atoms with Crippen LogP contribution in [0.25, 0.3) is 0 Å². The molecule has 0 saturated heterocycles. The molecule has 2 rings (SSSR count). The highest BCUT2D eigenvalue weighted by Crippen LogP contribution is 2.30. The Labute approximate surface area is 99.8 Å². The summed E-state index contributed by atoms with van der Waals surface area (Å²) in [6.45, 7) is 1.78. The highest BCUT2D eigenvalue weighted by molar-refractivity contribution is 6.04. The van der Waals surface area contributed by atoms with Crippen LogP contribution in [0.2, 0.25) is 0 Å². The number of carbonyl (C=O) groups excluding carboxylic acids is 2. The lowest BCUT2D eigenvalue weighted by Gasteiger charge is -2.08. The molecule has 1 aliphatic carbocycles. The van der Waals surface area contributed by atoms with Crippen molar-refractivity contribution in [2.24, 2.45) is 13.0 Å². The van der Waals surface area contributed by atoms with Gasteiger partial charge in [0.25, 0.3) is 0 Å². The van der Waals surface area contributed by atoms with Crippen LogP contribution in [0.1, 0.15) is 35.3 Å². The van der Waals surface area contributed by atoms with Crippen LogP contribution in [0.15, 0.2) is 0 Å². The van der Waals surface area contributed by atoms with E-state index in [4.69, 9.17) is 4.74 Å². The van der Waals surface area contributed by atoms with Crippen molar-refractivity contribution in [2.45, 2.75) is 26.2 Å². The lowest BCUT2D eigenvalue weighted by molar-refractivity contribution is -0.117. The van der Waals surface area contributed by atoms with Gasteiger partial charge in [-0.15, -0.1) is 0 Å². The van der Waals surface area contributed by atoms with E-state index in [2.05, 4.69) is 5.10 Å². The number of carbonyl (C=O) groups is 2. The number of Topliss-reactive ketones (excluding diaryl/α,β-unsaturated/α-hetero) is 2. The van der Waals surface area contributed by atoms with E-state index < -0.39 is 0 Å². The fourth-order valence-electron chi connectivity index (χ4n) is 2.40. The number of methoxy groups -OCH3 is 1. The largest absolute Gasteiger partial charge is 0.481 e. The molecule has 5 heteroatoms. The first-order valence-corrected chi connectivity index (χ1v) is 5.68. The predicted octanol–water partition coefficient (Wildman–Crippen LogP) is 1.29. The first kappa shape index (κ1) is 11.8. The van der Waals surface area contributed by atoms with Crippen molar-refractivity contribution >= 4 is 11.6 Å². The van der Waals surface area contributed by atoms with Gasteiger partial charge in [-0.05, 0) is 13.3 Å². The molecule has 1 aromatic heterocycles. The van der Waals surface area contributed by atoms with Gasteiger partial charge in [0.2, 0.25) is 5.88 Å². The molecule has 0 radical (unpaired) electrons. The molecule has 17 heavy (non-hydrogen) atoms. The van der Waals surface area contributed by atoms with E-state index in [0.29, 0.717) is 36.4 Å². The predicted molar refractivity (Wildman–Crippen MR) is 61.2 cm³/mol. The second-order valence-electron chi connectivity index (χ2n) is 4.44. The van der Waals surface area contributed by atoms with Gasteiger partial charge in [-0.2, -0.15) is 5.10 Å². The number of ketones is 2. The SMILES string of the molecule is COc1c(C(=O)C2CCC(=O)C2)c(C)nn1C. The van der Waals surface area contributed by atoms with E-state index in [-0.39, 0.29) is 17.5 Å². The van der Waals surface area contributed by atoms with Crippen LogP contribution in [0.5, 0.6) is 5.88 Å². The van der Waals surface area contributed by atoms with Crippen LogP contribution in [0.3, 0.4) is 0 Å². The third kappa shape index (κ3) is 1.97. The smallest absolute Gasteiger partial charge is 0.222 e. The maximum Gasteiger partial charge on any atom is 0.222 e. The normalized spacial score (nSPS) is 19.7. The molecule has 5 nitrogen and oxygen atoms in total. The lowest BCUT2D eigenvalue weighted by atomic mass is 9.96. The maximum atomic E-state index is 12.3. The zero-order chi connectivity index (χ0) is 12.6. The summed E-state index contributed by atoms with van der Waals surface area (Å²) >= 11 is 0. The molecule has 0 spiro atoms. The Morgan fingerprint density at radius 1 is 1.53 bits per heavy atom. The molecule has 1 fully saturated rings. The summed E-state index contributed by atoms with van der Waals surface area (Å²) in [7, 11) is 3.26. The number of hydrogen-bond donors (Lipinski definition) is 0. The van der Waals surface area contributed by atoms with Crippen molar-refractivity contribution in [3.63, 3.8) is 0 Å². The zero-order valence-electron chi connectivity index (χ0n) is 10.3. The van der Waals surface area contributed by atoms with Gasteiger partial charge in [0.15, 0.2) is 5.78 Å². The molecule has 92 valence electrons. The summed E-state index contributed by atoms with van der Waals surface area (Å²) in [4.78, 5) is 23.6. The Hall–Kier alpha value is -1.65. The summed E-state index contributed by atoms with van der Waals surface area (Å²) in [5.74, 6) is 0.438. The van der Waals surface area contributed by atoms with Crippen molar-refractivity contribution in [1.29, 1.82) is 0 Å². The third-order valence-electron chi connectivity index (χ3n) is 3.23. The molecule has 0 aliphatic heterocycles. The molecular formula is C12H16N2O3. The molecule has 0 amide bonds. The molecule has 1 aromatic rings. The highest BCUT2D eigenvalue weighted by atomic mass is 16.5. The van der Waals surface area contributed by atoms with Crippen LogP contribution >= 0.6 is 0 Å². The number of aromatic nitrogens is 2. The van der Waals surface area contributed by atoms with E-state index in [1.54, 1.807) is 18.7 Å². The van der Waals surface area contributed by atoms with E-state index in [0.717, 1.165) is 0 Å². The van der Waals surface area contributed by atoms with Gasteiger partial charge in [-0.25, -0.2) is 4.68 Å². The molecule has 1 saturated carbocycles. The minimum Gasteiger partial charge on any atom is -0.481 e. The van der Waals surface area contributed by atoms with Crippen LogP contribution in [0.4, 0.5) is 0 Å². The standard InChI is InChI=1S/C12H16N2O3/c1-7-10(12(17-3)14(2)13-7)11(16)8-4-5-9(15)6-8/h8H,4-6H2,1-3H3. The van der Waals surface area contributed by atoms with Crippen molar-refractivity contribution < 1.29 is 14.3 Å². The first-order chi connectivity index (χ1) is 8.04. The molecule has 1 atom stereocenters. The molecule has 0 N–H and O–H groups in total. The maximum absolute atomic E-state index is 12.3. The quantitative estimate of drug-likeness (QED) is 0.742. The summed E-state index contributed by atoms with van der Waals surface area (Å²) in [6.07, 6.45) is 1.52. The van der Waals surface area contributed by atoms with Gasteiger partial charge in [-0.3, -0.25) is 9.59 Å². The minimum atomic E-state index is -0.195. The zero-order valence-corrected chi connectivity index (χ0v) is 10.3. The molecule has 1 unspecified atom stereocenters. The average Bonchev–Trinajstić information content (AvgIpc) is 2.81. The van der Waals surface area contributed by atoms with Gasteiger partial charge in [0.05, 0.1) is 12.8 Å². The summed E-state index contributed by atoms with van der Waals surface area (Å²) < 4.78 is 6.75. The Bertz CT molecular complexity index is 476. The van der Waals surface area contributed by atoms with Crippen molar-refractivity contribution in [2.75, 3.05) is 7.11 Å².